The molecule has 0 saturated heterocycles. The molecule has 0 spiro atoms. The van der Waals surface area contributed by atoms with Crippen LogP contribution in [0.5, 0.6) is 0 Å². The van der Waals surface area contributed by atoms with Crippen LogP contribution < -0.4 is 0 Å². The Morgan fingerprint density at radius 2 is 0.781 bits per heavy atom. The van der Waals surface area contributed by atoms with Gasteiger partial charge in [-0.15, -0.1) is 0 Å². The number of carbonyl (C=O) groups excluding carboxylic acids is 1. The zero-order chi connectivity index (χ0) is 24.0. The number of unbranched alkanes of at least 4 members (excludes halogenated alkanes) is 10. The molecule has 0 heterocycles. The fraction of sp³-hybridized carbons (Fsp3) is 0.967. The first kappa shape index (κ1) is 31.5. The molecule has 0 saturated carbocycles. The molecule has 2 heteroatoms. The third kappa shape index (κ3) is 24.1. The van der Waals surface area contributed by atoms with Crippen LogP contribution in [-0.2, 0) is 9.53 Å². The summed E-state index contributed by atoms with van der Waals surface area (Å²) in [5.74, 6) is 2.46. The summed E-state index contributed by atoms with van der Waals surface area (Å²) in [5.41, 5.74) is 0. The molecule has 0 bridgehead atoms. The highest BCUT2D eigenvalue weighted by molar-refractivity contribution is 5.69. The Labute approximate surface area is 203 Å². The summed E-state index contributed by atoms with van der Waals surface area (Å²) in [6, 6.07) is 0. The lowest BCUT2D eigenvalue weighted by Crippen LogP contribution is -2.18. The van der Waals surface area contributed by atoms with Crippen LogP contribution in [-0.4, -0.2) is 12.1 Å². The van der Waals surface area contributed by atoms with Gasteiger partial charge in [-0.3, -0.25) is 4.79 Å². The van der Waals surface area contributed by atoms with E-state index >= 15 is 0 Å². The van der Waals surface area contributed by atoms with Gasteiger partial charge >= 0.3 is 5.97 Å². The van der Waals surface area contributed by atoms with E-state index in [0.29, 0.717) is 6.42 Å². The number of hydrogen-bond acceptors (Lipinski definition) is 2. The summed E-state index contributed by atoms with van der Waals surface area (Å²) in [7, 11) is 0. The van der Waals surface area contributed by atoms with Crippen LogP contribution in [0.3, 0.4) is 0 Å². The van der Waals surface area contributed by atoms with E-state index in [1.807, 2.05) is 0 Å². The maximum Gasteiger partial charge on any atom is 0.306 e. The monoisotopic (exact) mass is 452 g/mol. The maximum atomic E-state index is 12.4. The van der Waals surface area contributed by atoms with Gasteiger partial charge in [0.15, 0.2) is 0 Å². The molecule has 0 aromatic heterocycles. The smallest absolute Gasteiger partial charge is 0.306 e. The van der Waals surface area contributed by atoms with Crippen molar-refractivity contribution in [3.8, 4) is 0 Å². The second kappa shape index (κ2) is 22.3. The lowest BCUT2D eigenvalue weighted by Gasteiger charge is -2.18. The lowest BCUT2D eigenvalue weighted by atomic mass is 10.00. The van der Waals surface area contributed by atoms with E-state index in [1.54, 1.807) is 0 Å². The van der Waals surface area contributed by atoms with Crippen molar-refractivity contribution >= 4 is 5.97 Å². The molecular weight excluding hydrogens is 392 g/mol. The standard InChI is InChI=1S/C30H60O2/c1-26(2)20-14-10-8-7-9-11-17-23-29(24-18-12-15-21-27(3)4)32-30(31)25-19-13-16-22-28(5)6/h26-29H,7-25H2,1-6H3. The fourth-order valence-corrected chi connectivity index (χ4v) is 4.42. The SMILES string of the molecule is CC(C)CCCCCCCCCC(CCCCCC(C)C)OC(=O)CCCCCC(C)C. The van der Waals surface area contributed by atoms with Crippen LogP contribution in [0.25, 0.3) is 0 Å². The van der Waals surface area contributed by atoms with Gasteiger partial charge in [-0.1, -0.05) is 125 Å². The largest absolute Gasteiger partial charge is 0.462 e. The van der Waals surface area contributed by atoms with Crippen molar-refractivity contribution in [2.75, 3.05) is 0 Å². The Morgan fingerprint density at radius 3 is 1.19 bits per heavy atom. The van der Waals surface area contributed by atoms with Crippen molar-refractivity contribution in [1.29, 1.82) is 0 Å². The van der Waals surface area contributed by atoms with Crippen LogP contribution >= 0.6 is 0 Å². The summed E-state index contributed by atoms with van der Waals surface area (Å²) >= 11 is 0. The number of ether oxygens (including phenoxy) is 1. The van der Waals surface area contributed by atoms with Gasteiger partial charge < -0.3 is 4.74 Å². The Morgan fingerprint density at radius 1 is 0.469 bits per heavy atom. The van der Waals surface area contributed by atoms with E-state index in [4.69, 9.17) is 4.74 Å². The van der Waals surface area contributed by atoms with Gasteiger partial charge in [0.2, 0.25) is 0 Å². The predicted molar refractivity (Wildman–Crippen MR) is 142 cm³/mol. The second-order valence-corrected chi connectivity index (χ2v) is 11.6. The van der Waals surface area contributed by atoms with Crippen LogP contribution in [0.2, 0.25) is 0 Å². The molecule has 0 aliphatic heterocycles. The molecule has 32 heavy (non-hydrogen) atoms. The van der Waals surface area contributed by atoms with Crippen molar-refractivity contribution < 1.29 is 9.53 Å². The molecule has 0 N–H and O–H groups in total. The van der Waals surface area contributed by atoms with Crippen molar-refractivity contribution in [2.45, 2.75) is 170 Å². The average molecular weight is 453 g/mol. The molecule has 0 fully saturated rings. The molecular formula is C30H60O2. The molecule has 0 aliphatic carbocycles. The molecule has 0 aliphatic rings. The molecule has 2 nitrogen and oxygen atoms in total. The van der Waals surface area contributed by atoms with E-state index in [-0.39, 0.29) is 12.1 Å². The third-order valence-corrected chi connectivity index (χ3v) is 6.58. The molecule has 1 atom stereocenters. The summed E-state index contributed by atoms with van der Waals surface area (Å²) < 4.78 is 5.95. The zero-order valence-corrected chi connectivity index (χ0v) is 23.1. The first-order chi connectivity index (χ1) is 15.3. The lowest BCUT2D eigenvalue weighted by molar-refractivity contribution is -0.150. The van der Waals surface area contributed by atoms with Crippen LogP contribution in [0.15, 0.2) is 0 Å². The summed E-state index contributed by atoms with van der Waals surface area (Å²) in [6.07, 6.45) is 23.4. The van der Waals surface area contributed by atoms with Crippen molar-refractivity contribution in [3.05, 3.63) is 0 Å². The quantitative estimate of drug-likeness (QED) is 0.114. The zero-order valence-electron chi connectivity index (χ0n) is 23.1. The number of esters is 1. The van der Waals surface area contributed by atoms with Gasteiger partial charge in [-0.05, 0) is 49.9 Å². The highest BCUT2D eigenvalue weighted by atomic mass is 16.5. The van der Waals surface area contributed by atoms with Gasteiger partial charge in [-0.25, -0.2) is 0 Å². The van der Waals surface area contributed by atoms with Gasteiger partial charge in [0.1, 0.15) is 6.10 Å². The highest BCUT2D eigenvalue weighted by Gasteiger charge is 2.14. The van der Waals surface area contributed by atoms with Gasteiger partial charge in [0, 0.05) is 6.42 Å². The topological polar surface area (TPSA) is 26.3 Å². The van der Waals surface area contributed by atoms with Crippen molar-refractivity contribution in [2.24, 2.45) is 17.8 Å². The van der Waals surface area contributed by atoms with E-state index in [1.165, 1.54) is 89.9 Å². The Bertz CT molecular complexity index is 400. The number of hydrogen-bond donors (Lipinski definition) is 0. The summed E-state index contributed by atoms with van der Waals surface area (Å²) in [6.45, 7) is 13.8. The summed E-state index contributed by atoms with van der Waals surface area (Å²) in [5, 5.41) is 0. The molecule has 0 amide bonds. The minimum atomic E-state index is 0.0480. The van der Waals surface area contributed by atoms with Crippen LogP contribution in [0.4, 0.5) is 0 Å². The van der Waals surface area contributed by atoms with Crippen LogP contribution in [0, 0.1) is 17.8 Å². The Balaban J connectivity index is 4.05. The predicted octanol–water partition coefficient (Wildman–Crippen LogP) is 10.3. The number of carbonyl (C=O) groups is 1. The first-order valence-corrected chi connectivity index (χ1v) is 14.5. The van der Waals surface area contributed by atoms with Crippen molar-refractivity contribution in [3.63, 3.8) is 0 Å². The van der Waals surface area contributed by atoms with Crippen molar-refractivity contribution in [1.82, 2.24) is 0 Å². The van der Waals surface area contributed by atoms with Gasteiger partial charge in [0.05, 0.1) is 0 Å². The molecule has 0 radical (unpaired) electrons. The number of rotatable bonds is 23. The van der Waals surface area contributed by atoms with Crippen LogP contribution in [0.1, 0.15) is 164 Å². The van der Waals surface area contributed by atoms with Gasteiger partial charge in [0.25, 0.3) is 0 Å². The van der Waals surface area contributed by atoms with Gasteiger partial charge in [-0.2, -0.15) is 0 Å². The first-order valence-electron chi connectivity index (χ1n) is 14.5. The van der Waals surface area contributed by atoms with E-state index < -0.39 is 0 Å². The molecule has 1 unspecified atom stereocenters. The Kier molecular flexibility index (Phi) is 21.9. The average Bonchev–Trinajstić information content (AvgIpc) is 2.71. The molecule has 0 aromatic rings. The molecule has 192 valence electrons. The minimum Gasteiger partial charge on any atom is -0.462 e. The molecule has 0 aromatic carbocycles. The fourth-order valence-electron chi connectivity index (χ4n) is 4.42. The summed E-state index contributed by atoms with van der Waals surface area (Å²) in [4.78, 5) is 12.4. The minimum absolute atomic E-state index is 0.0480. The van der Waals surface area contributed by atoms with E-state index in [2.05, 4.69) is 41.5 Å². The van der Waals surface area contributed by atoms with E-state index in [9.17, 15) is 4.79 Å². The highest BCUT2D eigenvalue weighted by Crippen LogP contribution is 2.19. The maximum absolute atomic E-state index is 12.4. The second-order valence-electron chi connectivity index (χ2n) is 11.6. The normalized spacial score (nSPS) is 12.8. The van der Waals surface area contributed by atoms with E-state index in [0.717, 1.165) is 43.4 Å². The third-order valence-electron chi connectivity index (χ3n) is 6.58. The molecule has 0 rings (SSSR count). The Hall–Kier alpha value is -0.530.